The number of amides is 5. The molecule has 0 fully saturated rings. The Kier molecular flexibility index (Phi) is 35.5. The summed E-state index contributed by atoms with van der Waals surface area (Å²) >= 11 is 0. The molecular weight excluding hydrogens is 1030 g/mol. The van der Waals surface area contributed by atoms with Gasteiger partial charge in [-0.25, -0.2) is 0 Å². The average molecular weight is 1120 g/mol. The van der Waals surface area contributed by atoms with Gasteiger partial charge in [-0.1, -0.05) is 40.5 Å². The first kappa shape index (κ1) is 71.7. The summed E-state index contributed by atoms with van der Waals surface area (Å²) in [6.45, 7) is 5.91. The maximum Gasteiger partial charge on any atom is 0.305 e. The van der Waals surface area contributed by atoms with E-state index in [1.807, 2.05) is 0 Å². The normalized spacial score (nSPS) is 14.8. The van der Waals surface area contributed by atoms with E-state index in [0.717, 1.165) is 0 Å². The van der Waals surface area contributed by atoms with Crippen LogP contribution in [0.5, 0.6) is 0 Å². The standard InChI is InChI=1S/C50H89N15O14/c1-5-27(2)32(43(52)75)24-40(70)35(25-42(73)74)64-45(77)29(4)21-37(67)36(26-66)65-47(79)31(13-9-19-60-49(55)56)23-38(68)33(14-10-20-61-50(57)58)63-46(78)30(12-6-7-17-51)22-39(69)34(15-16-41(71)72)62-44(76)28(3)11-8-18-59-48(53)54/h27-36,66H,5-26,51H2,1-4H3,(H2,52,75)(H,62,76)(H,63,78)(H,64,77)(H,65,79)(H,71,72)(H,73,74)(H4,53,54,59)(H4,55,56,60)(H4,57,58,61)/t27-,28-,29+,30+,31+,32-,33-,34-,35-,36-/m0/s1. The number of nitrogens with zero attached hydrogens (tertiary/aromatic N) is 3. The summed E-state index contributed by atoms with van der Waals surface area (Å²) in [6.07, 6.45) is -1.49. The Balaban J connectivity index is 6.76. The van der Waals surface area contributed by atoms with E-state index in [2.05, 4.69) is 36.2 Å². The van der Waals surface area contributed by atoms with Crippen molar-refractivity contribution in [3.05, 3.63) is 0 Å². The highest BCUT2D eigenvalue weighted by atomic mass is 16.4. The fourth-order valence-corrected chi connectivity index (χ4v) is 8.26. The molecule has 0 aromatic rings. The number of Topliss-reactive ketones (excluding diaryl/α,β-unsaturated/α-hetero) is 4. The topological polar surface area (TPSA) is 542 Å². The highest BCUT2D eigenvalue weighted by Gasteiger charge is 2.36. The summed E-state index contributed by atoms with van der Waals surface area (Å²) in [5.74, 6) is -15.6. The Morgan fingerprint density at radius 3 is 1.33 bits per heavy atom. The van der Waals surface area contributed by atoms with E-state index in [-0.39, 0.29) is 88.5 Å². The third-order valence-corrected chi connectivity index (χ3v) is 13.2. The molecule has 0 bridgehead atoms. The number of hydrogen-bond acceptors (Lipinski definition) is 16. The third-order valence-electron chi connectivity index (χ3n) is 13.2. The van der Waals surface area contributed by atoms with Crippen LogP contribution < -0.4 is 67.1 Å². The first-order valence-corrected chi connectivity index (χ1v) is 26.6. The quantitative estimate of drug-likeness (QED) is 0.0165. The van der Waals surface area contributed by atoms with Gasteiger partial charge in [0.1, 0.15) is 6.04 Å². The van der Waals surface area contributed by atoms with Gasteiger partial charge in [-0.05, 0) is 70.3 Å². The van der Waals surface area contributed by atoms with Crippen LogP contribution in [0.3, 0.4) is 0 Å². The smallest absolute Gasteiger partial charge is 0.305 e. The van der Waals surface area contributed by atoms with Crippen LogP contribution in [0, 0.1) is 35.5 Å². The highest BCUT2D eigenvalue weighted by molar-refractivity contribution is 5.98. The zero-order chi connectivity index (χ0) is 60.4. The number of guanidine groups is 3. The number of aliphatic hydroxyl groups is 1. The van der Waals surface area contributed by atoms with Gasteiger partial charge in [0, 0.05) is 81.3 Å². The number of carboxylic acid groups (broad SMARTS) is 2. The van der Waals surface area contributed by atoms with Crippen LogP contribution in [0.4, 0.5) is 0 Å². The largest absolute Gasteiger partial charge is 0.481 e. The van der Waals surface area contributed by atoms with Gasteiger partial charge in [0.15, 0.2) is 41.0 Å². The van der Waals surface area contributed by atoms with Crippen molar-refractivity contribution in [2.45, 2.75) is 161 Å². The number of nitrogens with two attached hydrogens (primary N) is 8. The number of unbranched alkanes of at least 4 members (excludes halogenated alkanes) is 1. The fourth-order valence-electron chi connectivity index (χ4n) is 8.26. The molecule has 23 N–H and O–H groups in total. The Bertz CT molecular complexity index is 2130. The molecule has 0 aromatic carbocycles. The zero-order valence-electron chi connectivity index (χ0n) is 46.1. The molecule has 448 valence electrons. The predicted octanol–water partition coefficient (Wildman–Crippen LogP) is -2.96. The fraction of sp³-hybridized carbons (Fsp3) is 0.720. The maximum absolute atomic E-state index is 14.4. The van der Waals surface area contributed by atoms with Crippen molar-refractivity contribution in [2.75, 3.05) is 32.8 Å². The van der Waals surface area contributed by atoms with E-state index in [1.54, 1.807) is 20.8 Å². The molecule has 29 nitrogen and oxygen atoms in total. The Hall–Kier alpha value is -7.30. The van der Waals surface area contributed by atoms with Crippen molar-refractivity contribution in [3.63, 3.8) is 0 Å². The van der Waals surface area contributed by atoms with Crippen molar-refractivity contribution in [2.24, 2.45) is 96.4 Å². The van der Waals surface area contributed by atoms with Gasteiger partial charge in [-0.2, -0.15) is 0 Å². The van der Waals surface area contributed by atoms with E-state index in [9.17, 15) is 68.1 Å². The molecule has 0 aliphatic rings. The minimum absolute atomic E-state index is 0.00488. The molecule has 0 heterocycles. The lowest BCUT2D eigenvalue weighted by atomic mass is 9.85. The van der Waals surface area contributed by atoms with Crippen molar-refractivity contribution >= 4 is 82.5 Å². The van der Waals surface area contributed by atoms with E-state index < -0.39 is 163 Å². The molecule has 0 rings (SSSR count). The number of aliphatic hydroxyl groups excluding tert-OH is 1. The Morgan fingerprint density at radius 2 is 0.873 bits per heavy atom. The lowest BCUT2D eigenvalue weighted by Gasteiger charge is -2.26. The van der Waals surface area contributed by atoms with Crippen molar-refractivity contribution < 1.29 is 68.1 Å². The number of nitrogens with one attached hydrogen (secondary N) is 4. The molecule has 10 atom stereocenters. The van der Waals surface area contributed by atoms with Gasteiger partial charge in [-0.3, -0.25) is 67.7 Å². The highest BCUT2D eigenvalue weighted by Crippen LogP contribution is 2.23. The van der Waals surface area contributed by atoms with Gasteiger partial charge < -0.3 is 82.5 Å². The summed E-state index contributed by atoms with van der Waals surface area (Å²) in [5.41, 5.74) is 44.0. The molecule has 0 unspecified atom stereocenters. The summed E-state index contributed by atoms with van der Waals surface area (Å²) in [5, 5.41) is 39.4. The second kappa shape index (κ2) is 39.1. The predicted molar refractivity (Wildman–Crippen MR) is 293 cm³/mol. The number of primary amides is 1. The molecule has 0 aliphatic carbocycles. The SMILES string of the molecule is CC[C@H](C)[C@H](CC(=O)[C@H](CC(=O)O)NC(=O)[C@H](C)CC(=O)[C@H](CO)NC(=O)[C@H](CCCN=C(N)N)CC(=O)[C@H](CCCN=C(N)N)NC(=O)[C@H](CCCCN)CC(=O)[C@H](CCC(=O)O)NC(=O)[C@@H](C)CCCN=C(N)N)C(N)=O. The molecular formula is C50H89N15O14. The van der Waals surface area contributed by atoms with E-state index in [1.165, 1.54) is 6.92 Å². The van der Waals surface area contributed by atoms with Crippen LogP contribution in [0.1, 0.15) is 137 Å². The van der Waals surface area contributed by atoms with Crippen LogP contribution >= 0.6 is 0 Å². The van der Waals surface area contributed by atoms with Gasteiger partial charge in [0.2, 0.25) is 29.5 Å². The average Bonchev–Trinajstić information content (AvgIpc) is 3.37. The van der Waals surface area contributed by atoms with Crippen molar-refractivity contribution in [1.82, 2.24) is 21.3 Å². The summed E-state index contributed by atoms with van der Waals surface area (Å²) < 4.78 is 0. The van der Waals surface area contributed by atoms with E-state index >= 15 is 0 Å². The third kappa shape index (κ3) is 31.0. The maximum atomic E-state index is 14.4. The molecule has 0 saturated carbocycles. The van der Waals surface area contributed by atoms with Gasteiger partial charge >= 0.3 is 11.9 Å². The second-order valence-corrected chi connectivity index (χ2v) is 19.9. The minimum Gasteiger partial charge on any atom is -0.481 e. The number of rotatable bonds is 45. The zero-order valence-corrected chi connectivity index (χ0v) is 46.1. The lowest BCUT2D eigenvalue weighted by Crippen LogP contribution is -2.49. The molecule has 0 aromatic heterocycles. The van der Waals surface area contributed by atoms with Crippen LogP contribution in [0.25, 0.3) is 0 Å². The number of ketones is 4. The van der Waals surface area contributed by atoms with Crippen LogP contribution in [-0.4, -0.2) is 155 Å². The summed E-state index contributed by atoms with van der Waals surface area (Å²) in [4.78, 5) is 157. The Morgan fingerprint density at radius 1 is 0.456 bits per heavy atom. The van der Waals surface area contributed by atoms with Gasteiger partial charge in [0.25, 0.3) is 0 Å². The van der Waals surface area contributed by atoms with Gasteiger partial charge in [-0.15, -0.1) is 0 Å². The van der Waals surface area contributed by atoms with Crippen molar-refractivity contribution in [3.8, 4) is 0 Å². The monoisotopic (exact) mass is 1120 g/mol. The lowest BCUT2D eigenvalue weighted by molar-refractivity contribution is -0.141. The van der Waals surface area contributed by atoms with Crippen LogP contribution in [-0.2, 0) is 52.7 Å². The summed E-state index contributed by atoms with van der Waals surface area (Å²) in [7, 11) is 0. The molecule has 0 saturated heterocycles. The minimum atomic E-state index is -1.63. The molecule has 0 radical (unpaired) electrons. The Labute approximate surface area is 460 Å². The molecule has 0 spiro atoms. The van der Waals surface area contributed by atoms with E-state index in [0.29, 0.717) is 32.1 Å². The number of aliphatic carboxylic acids is 2. The second-order valence-electron chi connectivity index (χ2n) is 19.9. The van der Waals surface area contributed by atoms with Crippen molar-refractivity contribution in [1.29, 1.82) is 0 Å². The number of carboxylic acids is 2. The first-order valence-electron chi connectivity index (χ1n) is 26.6. The molecule has 79 heavy (non-hydrogen) atoms. The molecule has 5 amide bonds. The van der Waals surface area contributed by atoms with E-state index in [4.69, 9.17) is 45.9 Å². The van der Waals surface area contributed by atoms with Gasteiger partial charge in [0.05, 0.1) is 31.2 Å². The molecule has 29 heteroatoms. The number of carbonyl (C=O) groups excluding carboxylic acids is 9. The first-order chi connectivity index (χ1) is 37.1. The number of carbonyl (C=O) groups is 11. The number of hydrogen-bond donors (Lipinski definition) is 15. The molecule has 0 aliphatic heterocycles. The number of aliphatic imine (C=N–C) groups is 3. The van der Waals surface area contributed by atoms with Crippen LogP contribution in [0.15, 0.2) is 15.0 Å². The van der Waals surface area contributed by atoms with Crippen LogP contribution in [0.2, 0.25) is 0 Å². The summed E-state index contributed by atoms with van der Waals surface area (Å²) in [6, 6.07) is -5.84.